The standard InChI is InChI=1S/C3H4F2N2O3S.C3H7.U/c4-3(5)1-6-2(8)7-11(3,9)10;1-3-2;/h1H2,(H2,6,7,8);3H,1-2H3;/q;-1;+2/p-1. The van der Waals surface area contributed by atoms with Crippen molar-refractivity contribution in [1.82, 2.24) is 4.72 Å². The summed E-state index contributed by atoms with van der Waals surface area (Å²) in [4.78, 5) is 10.2. The SMILES string of the molecule is C[CH-]C.O=C1[N-]CC(F)(F)S(=O)(=O)N1.[U+2]. The Balaban J connectivity index is 0. The monoisotopic (exact) mass is 466 g/mol. The van der Waals surface area contributed by atoms with Gasteiger partial charge in [-0.1, -0.05) is 0 Å². The maximum absolute atomic E-state index is 12.3. The van der Waals surface area contributed by atoms with E-state index in [4.69, 9.17) is 0 Å². The van der Waals surface area contributed by atoms with Crippen LogP contribution < -0.4 is 4.72 Å². The number of carbonyl (C=O) groups is 1. The summed E-state index contributed by atoms with van der Waals surface area (Å²) in [6.07, 6.45) is 2.00. The van der Waals surface area contributed by atoms with E-state index in [1.54, 1.807) is 0 Å². The minimum absolute atomic E-state index is 0. The van der Waals surface area contributed by atoms with Crippen LogP contribution in [0.25, 0.3) is 5.32 Å². The molecule has 15 heavy (non-hydrogen) atoms. The quantitative estimate of drug-likeness (QED) is 0.546. The molecule has 1 N–H and O–H groups in total. The molecule has 1 rings (SSSR count). The molecule has 0 unspecified atom stereocenters. The number of alkyl halides is 2. The molecular formula is C6H10F2N2O3SU. The van der Waals surface area contributed by atoms with E-state index in [2.05, 4.69) is 5.32 Å². The Labute approximate surface area is 111 Å². The summed E-state index contributed by atoms with van der Waals surface area (Å²) in [6.45, 7) is 2.70. The molecule has 0 aliphatic carbocycles. The molecule has 1 heterocycles. The van der Waals surface area contributed by atoms with Crippen molar-refractivity contribution < 1.29 is 53.1 Å². The van der Waals surface area contributed by atoms with Crippen LogP contribution in [-0.2, 0) is 10.0 Å². The molecule has 2 amide bonds. The van der Waals surface area contributed by atoms with Crippen molar-refractivity contribution in [2.75, 3.05) is 6.54 Å². The van der Waals surface area contributed by atoms with E-state index in [0.29, 0.717) is 0 Å². The summed E-state index contributed by atoms with van der Waals surface area (Å²) in [7, 11) is -4.84. The van der Waals surface area contributed by atoms with Gasteiger partial charge in [0.15, 0.2) is 6.03 Å². The van der Waals surface area contributed by atoms with Gasteiger partial charge in [0.1, 0.15) is 0 Å². The van der Waals surface area contributed by atoms with Crippen LogP contribution in [0.2, 0.25) is 0 Å². The van der Waals surface area contributed by atoms with Crippen LogP contribution in [0.4, 0.5) is 13.6 Å². The third-order valence-electron chi connectivity index (χ3n) is 1.02. The van der Waals surface area contributed by atoms with E-state index in [-0.39, 0.29) is 31.1 Å². The minimum Gasteiger partial charge on any atom is -0.423 e. The number of nitrogens with zero attached hydrogens (tertiary/aromatic N) is 1. The Kier molecular flexibility index (Phi) is 7.78. The first-order valence-electron chi connectivity index (χ1n) is 3.62. The summed E-state index contributed by atoms with van der Waals surface area (Å²) < 4.78 is 46.3. The summed E-state index contributed by atoms with van der Waals surface area (Å²) in [6, 6.07) is -1.25. The molecule has 86 valence electrons. The van der Waals surface area contributed by atoms with Gasteiger partial charge >= 0.3 is 36.4 Å². The average molecular weight is 466 g/mol. The zero-order chi connectivity index (χ0) is 11.4. The van der Waals surface area contributed by atoms with E-state index in [0.717, 1.165) is 4.72 Å². The van der Waals surface area contributed by atoms with Crippen molar-refractivity contribution in [1.29, 1.82) is 0 Å². The van der Waals surface area contributed by atoms with Gasteiger partial charge in [-0.3, -0.25) is 4.79 Å². The molecule has 0 aromatic heterocycles. The molecule has 0 atom stereocenters. The van der Waals surface area contributed by atoms with Crippen LogP contribution in [0.15, 0.2) is 0 Å². The molecule has 0 radical (unpaired) electrons. The Bertz CT molecular complexity index is 307. The number of hydrogen-bond acceptors (Lipinski definition) is 3. The van der Waals surface area contributed by atoms with Gasteiger partial charge in [-0.2, -0.15) is 22.6 Å². The molecule has 9 heteroatoms. The van der Waals surface area contributed by atoms with Gasteiger partial charge in [-0.15, -0.1) is 0 Å². The zero-order valence-corrected chi connectivity index (χ0v) is 13.1. The predicted octanol–water partition coefficient (Wildman–Crippen LogP) is 1.24. The van der Waals surface area contributed by atoms with Crippen LogP contribution in [0, 0.1) is 37.5 Å². The fourth-order valence-corrected chi connectivity index (χ4v) is 1.15. The zero-order valence-electron chi connectivity index (χ0n) is 8.12. The van der Waals surface area contributed by atoms with Gasteiger partial charge < -0.3 is 16.5 Å². The second-order valence-electron chi connectivity index (χ2n) is 2.44. The van der Waals surface area contributed by atoms with Crippen LogP contribution >= 0.6 is 0 Å². The summed E-state index contributed by atoms with van der Waals surface area (Å²) in [5, 5.41) is -1.27. The fraction of sp³-hybridized carbons (Fsp3) is 0.667. The van der Waals surface area contributed by atoms with Crippen molar-refractivity contribution in [3.8, 4) is 0 Å². The van der Waals surface area contributed by atoms with Crippen molar-refractivity contribution in [2.24, 2.45) is 0 Å². The number of carbonyl (C=O) groups excluding carboxylic acids is 1. The van der Waals surface area contributed by atoms with Crippen molar-refractivity contribution in [2.45, 2.75) is 19.1 Å². The minimum atomic E-state index is -4.84. The molecule has 5 nitrogen and oxygen atoms in total. The molecule has 0 aromatic carbocycles. The summed E-state index contributed by atoms with van der Waals surface area (Å²) >= 11 is 0. The first-order valence-corrected chi connectivity index (χ1v) is 5.10. The van der Waals surface area contributed by atoms with E-state index in [1.807, 2.05) is 20.3 Å². The van der Waals surface area contributed by atoms with Crippen LogP contribution in [0.3, 0.4) is 0 Å². The fourth-order valence-electron chi connectivity index (χ4n) is 0.471. The number of hydrogen-bond donors (Lipinski definition) is 1. The average Bonchev–Trinajstić information content (AvgIpc) is 1.99. The topological polar surface area (TPSA) is 77.3 Å². The summed E-state index contributed by atoms with van der Waals surface area (Å²) in [5.41, 5.74) is 0. The molecular weight excluding hydrogens is 456 g/mol. The number of sulfonamides is 1. The van der Waals surface area contributed by atoms with Crippen LogP contribution in [0.1, 0.15) is 13.8 Å². The van der Waals surface area contributed by atoms with Gasteiger partial charge in [0.25, 0.3) is 0 Å². The maximum atomic E-state index is 12.3. The number of nitrogens with one attached hydrogen (secondary N) is 1. The molecule has 1 fully saturated rings. The molecule has 0 aromatic rings. The second-order valence-corrected chi connectivity index (χ2v) is 4.25. The molecule has 1 saturated heterocycles. The van der Waals surface area contributed by atoms with E-state index >= 15 is 0 Å². The number of halogens is 2. The maximum Gasteiger partial charge on any atom is 2.00 e. The normalized spacial score (nSPS) is 20.9. The van der Waals surface area contributed by atoms with Crippen LogP contribution in [0.5, 0.6) is 0 Å². The third-order valence-corrected chi connectivity index (χ3v) is 2.38. The second kappa shape index (κ2) is 6.66. The Hall–Kier alpha value is 0.132. The number of rotatable bonds is 0. The van der Waals surface area contributed by atoms with Crippen molar-refractivity contribution >= 4 is 16.1 Å². The summed E-state index contributed by atoms with van der Waals surface area (Å²) in [5.74, 6) is 0. The molecule has 1 aliphatic rings. The van der Waals surface area contributed by atoms with Gasteiger partial charge in [0.2, 0.25) is 10.0 Å². The smallest absolute Gasteiger partial charge is 0.423 e. The van der Waals surface area contributed by atoms with E-state index in [9.17, 15) is 22.0 Å². The third kappa shape index (κ3) is 5.13. The molecule has 0 saturated carbocycles. The van der Waals surface area contributed by atoms with Gasteiger partial charge in [-0.05, 0) is 0 Å². The van der Waals surface area contributed by atoms with Crippen molar-refractivity contribution in [3.05, 3.63) is 11.7 Å². The van der Waals surface area contributed by atoms with Crippen molar-refractivity contribution in [3.63, 3.8) is 0 Å². The van der Waals surface area contributed by atoms with Gasteiger partial charge in [0.05, 0.1) is 0 Å². The Morgan fingerprint density at radius 2 is 1.87 bits per heavy atom. The predicted molar refractivity (Wildman–Crippen MR) is 46.3 cm³/mol. The van der Waals surface area contributed by atoms with Gasteiger partial charge in [-0.25, -0.2) is 8.42 Å². The molecule has 0 bridgehead atoms. The van der Waals surface area contributed by atoms with E-state index < -0.39 is 27.9 Å². The van der Waals surface area contributed by atoms with E-state index in [1.165, 1.54) is 0 Å². The molecule has 0 spiro atoms. The van der Waals surface area contributed by atoms with Gasteiger partial charge in [0, 0.05) is 6.54 Å². The van der Waals surface area contributed by atoms with Crippen LogP contribution in [-0.4, -0.2) is 26.2 Å². The number of urea groups is 1. The first-order chi connectivity index (χ1) is 6.27. The Morgan fingerprint density at radius 1 is 1.47 bits per heavy atom. The Morgan fingerprint density at radius 3 is 2.13 bits per heavy atom. The first kappa shape index (κ1) is 17.5. The largest absolute Gasteiger partial charge is 2.00 e. The number of amides is 2. The molecule has 1 aliphatic heterocycles.